The van der Waals surface area contributed by atoms with Gasteiger partial charge in [0.1, 0.15) is 6.26 Å². The van der Waals surface area contributed by atoms with Gasteiger partial charge in [-0.15, -0.1) is 0 Å². The summed E-state index contributed by atoms with van der Waals surface area (Å²) < 4.78 is 5.36. The minimum atomic E-state index is 0.384. The molecule has 1 aliphatic carbocycles. The highest BCUT2D eigenvalue weighted by Crippen LogP contribution is 2.45. The van der Waals surface area contributed by atoms with E-state index in [0.29, 0.717) is 16.6 Å². The van der Waals surface area contributed by atoms with E-state index >= 15 is 0 Å². The Morgan fingerprint density at radius 1 is 1.44 bits per heavy atom. The molecule has 2 rings (SSSR count). The average molecular weight is 268 g/mol. The molecule has 2 N–H and O–H groups in total. The van der Waals surface area contributed by atoms with E-state index < -0.39 is 0 Å². The third-order valence-corrected chi connectivity index (χ3v) is 5.40. The third-order valence-electron chi connectivity index (χ3n) is 4.12. The van der Waals surface area contributed by atoms with E-state index in [4.69, 9.17) is 10.2 Å². The standard InChI is InChI=1S/C14H24N2OS/c1-14(2,3)11-5-4-10(9-15)12(8-11)18-13-16-6-7-17-13/h6-7,10-12H,4-5,8-9,15H2,1-3H3. The van der Waals surface area contributed by atoms with E-state index in [1.54, 1.807) is 24.2 Å². The first-order valence-electron chi connectivity index (χ1n) is 6.77. The number of hydrogen-bond donors (Lipinski definition) is 1. The van der Waals surface area contributed by atoms with Crippen LogP contribution in [0, 0.1) is 17.3 Å². The number of nitrogens with zero attached hydrogens (tertiary/aromatic N) is 1. The molecule has 3 unspecified atom stereocenters. The predicted molar refractivity (Wildman–Crippen MR) is 75.5 cm³/mol. The zero-order chi connectivity index (χ0) is 13.2. The van der Waals surface area contributed by atoms with Gasteiger partial charge in [0.2, 0.25) is 0 Å². The molecule has 0 amide bonds. The number of oxazole rings is 1. The van der Waals surface area contributed by atoms with Crippen molar-refractivity contribution in [2.45, 2.75) is 50.5 Å². The molecule has 0 aromatic carbocycles. The van der Waals surface area contributed by atoms with E-state index in [2.05, 4.69) is 25.8 Å². The molecular weight excluding hydrogens is 244 g/mol. The summed E-state index contributed by atoms with van der Waals surface area (Å²) in [5, 5.41) is 1.33. The fraction of sp³-hybridized carbons (Fsp3) is 0.786. The minimum Gasteiger partial charge on any atom is -0.440 e. The fourth-order valence-corrected chi connectivity index (χ4v) is 4.05. The smallest absolute Gasteiger partial charge is 0.255 e. The van der Waals surface area contributed by atoms with Crippen LogP contribution in [-0.4, -0.2) is 16.8 Å². The Morgan fingerprint density at radius 2 is 2.22 bits per heavy atom. The van der Waals surface area contributed by atoms with Crippen molar-refractivity contribution in [3.05, 3.63) is 12.5 Å². The maximum atomic E-state index is 5.91. The number of nitrogens with two attached hydrogens (primary N) is 1. The van der Waals surface area contributed by atoms with Gasteiger partial charge in [0.15, 0.2) is 0 Å². The van der Waals surface area contributed by atoms with Crippen molar-refractivity contribution in [3.63, 3.8) is 0 Å². The molecule has 1 saturated carbocycles. The van der Waals surface area contributed by atoms with E-state index in [0.717, 1.165) is 17.7 Å². The van der Waals surface area contributed by atoms with Crippen molar-refractivity contribution in [1.82, 2.24) is 4.98 Å². The van der Waals surface area contributed by atoms with Crippen LogP contribution in [0.4, 0.5) is 0 Å². The summed E-state index contributed by atoms with van der Waals surface area (Å²) in [6.07, 6.45) is 7.11. The summed E-state index contributed by atoms with van der Waals surface area (Å²) in [5.74, 6) is 1.37. The molecule has 0 radical (unpaired) electrons. The first kappa shape index (κ1) is 13.9. The Morgan fingerprint density at radius 3 is 2.78 bits per heavy atom. The lowest BCUT2D eigenvalue weighted by molar-refractivity contribution is 0.157. The van der Waals surface area contributed by atoms with Crippen molar-refractivity contribution in [3.8, 4) is 0 Å². The highest BCUT2D eigenvalue weighted by Gasteiger charge is 2.36. The van der Waals surface area contributed by atoms with Gasteiger partial charge in [-0.25, -0.2) is 4.98 Å². The molecule has 0 spiro atoms. The van der Waals surface area contributed by atoms with Gasteiger partial charge in [0.25, 0.3) is 5.22 Å². The maximum Gasteiger partial charge on any atom is 0.255 e. The Labute approximate surface area is 114 Å². The topological polar surface area (TPSA) is 52.0 Å². The number of rotatable bonds is 3. The molecule has 1 fully saturated rings. The molecule has 102 valence electrons. The van der Waals surface area contributed by atoms with Gasteiger partial charge in [-0.3, -0.25) is 0 Å². The molecule has 1 aliphatic rings. The van der Waals surface area contributed by atoms with Crippen LogP contribution in [0.3, 0.4) is 0 Å². The van der Waals surface area contributed by atoms with Crippen LogP contribution in [0.2, 0.25) is 0 Å². The van der Waals surface area contributed by atoms with Crippen molar-refractivity contribution in [1.29, 1.82) is 0 Å². The second kappa shape index (κ2) is 5.66. The summed E-state index contributed by atoms with van der Waals surface area (Å²) in [6.45, 7) is 7.79. The highest BCUT2D eigenvalue weighted by molar-refractivity contribution is 7.99. The normalized spacial score (nSPS) is 29.4. The number of thioether (sulfide) groups is 1. The summed E-state index contributed by atoms with van der Waals surface area (Å²) in [6, 6.07) is 0. The molecule has 3 nitrogen and oxygen atoms in total. The second-order valence-corrected chi connectivity index (χ2v) is 7.52. The molecule has 18 heavy (non-hydrogen) atoms. The van der Waals surface area contributed by atoms with Crippen LogP contribution in [0.5, 0.6) is 0 Å². The first-order chi connectivity index (χ1) is 8.50. The predicted octanol–water partition coefficient (Wildman–Crippen LogP) is 3.56. The molecule has 4 heteroatoms. The zero-order valence-electron chi connectivity index (χ0n) is 11.6. The highest BCUT2D eigenvalue weighted by atomic mass is 32.2. The molecule has 3 atom stereocenters. The van der Waals surface area contributed by atoms with Crippen LogP contribution in [-0.2, 0) is 0 Å². The van der Waals surface area contributed by atoms with Crippen molar-refractivity contribution >= 4 is 11.8 Å². The molecule has 1 aromatic heterocycles. The lowest BCUT2D eigenvalue weighted by Gasteiger charge is -2.40. The van der Waals surface area contributed by atoms with Gasteiger partial charge in [0.05, 0.1) is 6.20 Å². The largest absolute Gasteiger partial charge is 0.440 e. The summed E-state index contributed by atoms with van der Waals surface area (Å²) in [5.41, 5.74) is 6.30. The third kappa shape index (κ3) is 3.29. The fourth-order valence-electron chi connectivity index (χ4n) is 2.79. The van der Waals surface area contributed by atoms with E-state index in [1.807, 2.05) is 0 Å². The molecular formula is C14H24N2OS. The monoisotopic (exact) mass is 268 g/mol. The number of hydrogen-bond acceptors (Lipinski definition) is 4. The van der Waals surface area contributed by atoms with Gasteiger partial charge < -0.3 is 10.2 Å². The summed E-state index contributed by atoms with van der Waals surface area (Å²) in [4.78, 5) is 4.22. The second-order valence-electron chi connectivity index (χ2n) is 6.33. The van der Waals surface area contributed by atoms with Crippen LogP contribution in [0.15, 0.2) is 22.1 Å². The van der Waals surface area contributed by atoms with Crippen LogP contribution >= 0.6 is 11.8 Å². The van der Waals surface area contributed by atoms with Crippen LogP contribution in [0.1, 0.15) is 40.0 Å². The molecule has 0 aliphatic heterocycles. The Bertz CT molecular complexity index is 358. The molecule has 1 heterocycles. The van der Waals surface area contributed by atoms with Crippen LogP contribution < -0.4 is 5.73 Å². The SMILES string of the molecule is CC(C)(C)C1CCC(CN)C(Sc2ncco2)C1. The molecule has 0 saturated heterocycles. The molecule has 1 aromatic rings. The van der Waals surface area contributed by atoms with Crippen molar-refractivity contribution in [2.24, 2.45) is 23.0 Å². The lowest BCUT2D eigenvalue weighted by atomic mass is 9.69. The summed E-state index contributed by atoms with van der Waals surface area (Å²) >= 11 is 1.77. The Balaban J connectivity index is 2.04. The quantitative estimate of drug-likeness (QED) is 0.910. The average Bonchev–Trinajstić information content (AvgIpc) is 2.80. The van der Waals surface area contributed by atoms with Gasteiger partial charge in [0, 0.05) is 5.25 Å². The lowest BCUT2D eigenvalue weighted by Crippen LogP contribution is -2.36. The van der Waals surface area contributed by atoms with Gasteiger partial charge in [-0.05, 0) is 43.1 Å². The number of aromatic nitrogens is 1. The molecule has 0 bridgehead atoms. The Hall–Kier alpha value is -0.480. The maximum absolute atomic E-state index is 5.91. The van der Waals surface area contributed by atoms with Gasteiger partial charge in [-0.2, -0.15) is 0 Å². The Kier molecular flexibility index (Phi) is 4.38. The van der Waals surface area contributed by atoms with Gasteiger partial charge in [-0.1, -0.05) is 32.5 Å². The van der Waals surface area contributed by atoms with E-state index in [9.17, 15) is 0 Å². The van der Waals surface area contributed by atoms with Crippen molar-refractivity contribution < 1.29 is 4.42 Å². The van der Waals surface area contributed by atoms with Crippen LogP contribution in [0.25, 0.3) is 0 Å². The zero-order valence-corrected chi connectivity index (χ0v) is 12.4. The van der Waals surface area contributed by atoms with E-state index in [1.165, 1.54) is 19.3 Å². The van der Waals surface area contributed by atoms with Crippen molar-refractivity contribution in [2.75, 3.05) is 6.54 Å². The van der Waals surface area contributed by atoms with E-state index in [-0.39, 0.29) is 0 Å². The van der Waals surface area contributed by atoms with Gasteiger partial charge >= 0.3 is 0 Å². The summed E-state index contributed by atoms with van der Waals surface area (Å²) in [7, 11) is 0. The first-order valence-corrected chi connectivity index (χ1v) is 7.65. The minimum absolute atomic E-state index is 0.384.